The summed E-state index contributed by atoms with van der Waals surface area (Å²) in [6.45, 7) is 0. The Morgan fingerprint density at radius 1 is 1.32 bits per heavy atom. The molecule has 2 heterocycles. The minimum atomic E-state index is -0.645. The van der Waals surface area contributed by atoms with Crippen molar-refractivity contribution in [2.24, 2.45) is 0 Å². The molecule has 0 saturated heterocycles. The number of carbonyl (C=O) groups is 2. The van der Waals surface area contributed by atoms with Crippen LogP contribution in [-0.2, 0) is 20.7 Å². The molecule has 1 unspecified atom stereocenters. The molecule has 11 heteroatoms. The average Bonchev–Trinajstić information content (AvgIpc) is 3.38. The highest BCUT2D eigenvalue weighted by atomic mass is 19.1. The van der Waals surface area contributed by atoms with Crippen molar-refractivity contribution in [1.82, 2.24) is 30.6 Å². The molecule has 0 radical (unpaired) electrons. The van der Waals surface area contributed by atoms with E-state index in [-0.39, 0.29) is 36.9 Å². The molecule has 2 N–H and O–H groups in total. The summed E-state index contributed by atoms with van der Waals surface area (Å²) in [5.74, 6) is -0.392. The number of nitrogens with zero attached hydrogens (tertiary/aromatic N) is 4. The summed E-state index contributed by atoms with van der Waals surface area (Å²) >= 11 is 0. The first-order chi connectivity index (χ1) is 13.5. The van der Waals surface area contributed by atoms with Crippen molar-refractivity contribution in [3.63, 3.8) is 0 Å². The Morgan fingerprint density at radius 2 is 2.11 bits per heavy atom. The van der Waals surface area contributed by atoms with Crippen LogP contribution in [0.1, 0.15) is 30.3 Å². The fourth-order valence-corrected chi connectivity index (χ4v) is 2.45. The third kappa shape index (κ3) is 4.96. The molecule has 2 aromatic heterocycles. The summed E-state index contributed by atoms with van der Waals surface area (Å²) in [4.78, 5) is 32.0. The summed E-state index contributed by atoms with van der Waals surface area (Å²) in [5.41, 5.74) is 0.588. The molecule has 3 rings (SSSR count). The lowest BCUT2D eigenvalue weighted by atomic mass is 10.0. The van der Waals surface area contributed by atoms with E-state index in [1.165, 1.54) is 37.7 Å². The van der Waals surface area contributed by atoms with Crippen LogP contribution in [0.3, 0.4) is 0 Å². The quantitative estimate of drug-likeness (QED) is 0.552. The molecule has 0 aliphatic carbocycles. The maximum Gasteiger partial charge on any atom is 0.307 e. The molecule has 0 bridgehead atoms. The van der Waals surface area contributed by atoms with Crippen molar-refractivity contribution in [2.45, 2.75) is 25.3 Å². The SMILES string of the molecule is COC(=O)CC(NC(=O)CCc1nc(-c2ncn[nH]2)no1)c1ccc(F)cc1. The summed E-state index contributed by atoms with van der Waals surface area (Å²) in [7, 11) is 1.26. The number of amides is 1. The van der Waals surface area contributed by atoms with Gasteiger partial charge in [0.1, 0.15) is 12.1 Å². The summed E-state index contributed by atoms with van der Waals surface area (Å²) in [6.07, 6.45) is 1.48. The first kappa shape index (κ1) is 19.1. The molecule has 0 spiro atoms. The molecule has 0 aliphatic rings. The van der Waals surface area contributed by atoms with Crippen LogP contribution in [-0.4, -0.2) is 44.3 Å². The smallest absolute Gasteiger partial charge is 0.307 e. The van der Waals surface area contributed by atoms with Gasteiger partial charge < -0.3 is 14.6 Å². The monoisotopic (exact) mass is 388 g/mol. The third-order valence-electron chi connectivity index (χ3n) is 3.87. The molecule has 0 aliphatic heterocycles. The van der Waals surface area contributed by atoms with Crippen LogP contribution in [0.25, 0.3) is 11.6 Å². The Kier molecular flexibility index (Phi) is 6.04. The van der Waals surface area contributed by atoms with Gasteiger partial charge in [-0.15, -0.1) is 0 Å². The van der Waals surface area contributed by atoms with Gasteiger partial charge in [-0.3, -0.25) is 14.7 Å². The first-order valence-corrected chi connectivity index (χ1v) is 8.35. The lowest BCUT2D eigenvalue weighted by Gasteiger charge is -2.18. The molecule has 0 saturated carbocycles. The minimum Gasteiger partial charge on any atom is -0.469 e. The maximum atomic E-state index is 13.1. The van der Waals surface area contributed by atoms with E-state index in [0.717, 1.165) is 0 Å². The van der Waals surface area contributed by atoms with Gasteiger partial charge in [-0.2, -0.15) is 10.1 Å². The van der Waals surface area contributed by atoms with Gasteiger partial charge in [-0.05, 0) is 17.7 Å². The van der Waals surface area contributed by atoms with Crippen LogP contribution < -0.4 is 5.32 Å². The zero-order valence-corrected chi connectivity index (χ0v) is 14.9. The summed E-state index contributed by atoms with van der Waals surface area (Å²) in [5, 5.41) is 12.8. The van der Waals surface area contributed by atoms with Crippen LogP contribution >= 0.6 is 0 Å². The van der Waals surface area contributed by atoms with E-state index in [4.69, 9.17) is 4.52 Å². The number of benzene rings is 1. The Bertz CT molecular complexity index is 926. The first-order valence-electron chi connectivity index (χ1n) is 8.35. The molecule has 146 valence electrons. The Balaban J connectivity index is 1.60. The number of aromatic amines is 1. The second-order valence-electron chi connectivity index (χ2n) is 5.80. The zero-order valence-electron chi connectivity index (χ0n) is 14.9. The number of aromatic nitrogens is 5. The number of aryl methyl sites for hydroxylation is 1. The van der Waals surface area contributed by atoms with Crippen LogP contribution in [0.15, 0.2) is 35.1 Å². The maximum absolute atomic E-state index is 13.1. The van der Waals surface area contributed by atoms with Crippen LogP contribution in [0, 0.1) is 5.82 Å². The van der Waals surface area contributed by atoms with Gasteiger partial charge in [0.25, 0.3) is 0 Å². The number of rotatable bonds is 8. The molecule has 1 atom stereocenters. The Morgan fingerprint density at radius 3 is 2.79 bits per heavy atom. The van der Waals surface area contributed by atoms with Gasteiger partial charge in [-0.25, -0.2) is 9.37 Å². The lowest BCUT2D eigenvalue weighted by Crippen LogP contribution is -2.30. The predicted octanol–water partition coefficient (Wildman–Crippen LogP) is 1.35. The van der Waals surface area contributed by atoms with Crippen molar-refractivity contribution in [1.29, 1.82) is 0 Å². The number of halogens is 1. The minimum absolute atomic E-state index is 0.0525. The van der Waals surface area contributed by atoms with Gasteiger partial charge in [-0.1, -0.05) is 17.3 Å². The number of ether oxygens (including phenoxy) is 1. The second-order valence-corrected chi connectivity index (χ2v) is 5.80. The highest BCUT2D eigenvalue weighted by molar-refractivity contribution is 5.78. The molecule has 28 heavy (non-hydrogen) atoms. The molecule has 1 aromatic carbocycles. The highest BCUT2D eigenvalue weighted by Gasteiger charge is 2.20. The van der Waals surface area contributed by atoms with Gasteiger partial charge in [0, 0.05) is 12.8 Å². The summed E-state index contributed by atoms with van der Waals surface area (Å²) < 4.78 is 22.9. The average molecular weight is 388 g/mol. The van der Waals surface area contributed by atoms with Crippen molar-refractivity contribution in [2.75, 3.05) is 7.11 Å². The Labute approximate surface area is 158 Å². The van der Waals surface area contributed by atoms with Crippen LogP contribution in [0.2, 0.25) is 0 Å². The normalized spacial score (nSPS) is 11.8. The molecular formula is C17H17FN6O4. The van der Waals surface area contributed by atoms with Crippen molar-refractivity contribution in [3.8, 4) is 11.6 Å². The van der Waals surface area contributed by atoms with E-state index in [2.05, 4.69) is 35.4 Å². The van der Waals surface area contributed by atoms with E-state index >= 15 is 0 Å². The van der Waals surface area contributed by atoms with Gasteiger partial charge >= 0.3 is 5.97 Å². The fraction of sp³-hybridized carbons (Fsp3) is 0.294. The molecule has 0 fully saturated rings. The second kappa shape index (κ2) is 8.84. The predicted molar refractivity (Wildman–Crippen MR) is 91.9 cm³/mol. The summed E-state index contributed by atoms with van der Waals surface area (Å²) in [6, 6.07) is 4.88. The number of hydrogen-bond acceptors (Lipinski definition) is 8. The van der Waals surface area contributed by atoms with E-state index < -0.39 is 17.8 Å². The zero-order chi connectivity index (χ0) is 19.9. The molecular weight excluding hydrogens is 371 g/mol. The Hall–Kier alpha value is -3.63. The number of esters is 1. The van der Waals surface area contributed by atoms with Crippen molar-refractivity contribution in [3.05, 3.63) is 47.9 Å². The van der Waals surface area contributed by atoms with E-state index in [9.17, 15) is 14.0 Å². The standard InChI is InChI=1S/C17H17FN6O4/c1-27-15(26)8-12(10-2-4-11(18)5-3-10)21-13(25)6-7-14-22-17(24-28-14)16-19-9-20-23-16/h2-5,9,12H,6-8H2,1H3,(H,21,25)(H,19,20,23). The molecule has 3 aromatic rings. The number of carbonyl (C=O) groups excluding carboxylic acids is 2. The number of H-pyrrole nitrogens is 1. The van der Waals surface area contributed by atoms with Crippen molar-refractivity contribution < 1.29 is 23.2 Å². The van der Waals surface area contributed by atoms with Gasteiger partial charge in [0.05, 0.1) is 19.6 Å². The number of methoxy groups -OCH3 is 1. The van der Waals surface area contributed by atoms with Crippen molar-refractivity contribution >= 4 is 11.9 Å². The van der Waals surface area contributed by atoms with Crippen LogP contribution in [0.4, 0.5) is 4.39 Å². The van der Waals surface area contributed by atoms with Gasteiger partial charge in [0.15, 0.2) is 5.82 Å². The van der Waals surface area contributed by atoms with Gasteiger partial charge in [0.2, 0.25) is 17.6 Å². The largest absolute Gasteiger partial charge is 0.469 e. The van der Waals surface area contributed by atoms with E-state index in [1.54, 1.807) is 0 Å². The number of hydrogen-bond donors (Lipinski definition) is 2. The highest BCUT2D eigenvalue weighted by Crippen LogP contribution is 2.18. The molecule has 10 nitrogen and oxygen atoms in total. The number of nitrogens with one attached hydrogen (secondary N) is 2. The van der Waals surface area contributed by atoms with E-state index in [0.29, 0.717) is 11.4 Å². The van der Waals surface area contributed by atoms with Crippen LogP contribution in [0.5, 0.6) is 0 Å². The molecule has 1 amide bonds. The topological polar surface area (TPSA) is 136 Å². The fourth-order valence-electron chi connectivity index (χ4n) is 2.45. The lowest BCUT2D eigenvalue weighted by molar-refractivity contribution is -0.141. The van der Waals surface area contributed by atoms with E-state index in [1.807, 2.05) is 0 Å². The third-order valence-corrected chi connectivity index (χ3v) is 3.87.